The van der Waals surface area contributed by atoms with Crippen LogP contribution in [0, 0.1) is 5.92 Å². The third-order valence-electron chi connectivity index (χ3n) is 2.84. The highest BCUT2D eigenvalue weighted by atomic mass is 32.1. The molecule has 0 saturated carbocycles. The molecular formula is C13H28N2OS. The first-order valence-corrected chi connectivity index (χ1v) is 7.00. The minimum absolute atomic E-state index is 0.511. The lowest BCUT2D eigenvalue weighted by Gasteiger charge is -2.33. The van der Waals surface area contributed by atoms with E-state index in [1.807, 2.05) is 0 Å². The van der Waals surface area contributed by atoms with Gasteiger partial charge in [0, 0.05) is 26.2 Å². The van der Waals surface area contributed by atoms with Crippen molar-refractivity contribution in [1.29, 1.82) is 0 Å². The van der Waals surface area contributed by atoms with E-state index in [0.717, 1.165) is 37.7 Å². The van der Waals surface area contributed by atoms with Crippen molar-refractivity contribution in [3.8, 4) is 0 Å². The highest BCUT2D eigenvalue weighted by molar-refractivity contribution is 7.80. The lowest BCUT2D eigenvalue weighted by Crippen LogP contribution is -2.47. The Hall–Kier alpha value is -0.350. The molecule has 3 nitrogen and oxygen atoms in total. The molecule has 0 amide bonds. The summed E-state index contributed by atoms with van der Waals surface area (Å²) in [5, 5.41) is 4.21. The van der Waals surface area contributed by atoms with Gasteiger partial charge in [0.05, 0.1) is 6.61 Å². The molecule has 0 fully saturated rings. The Morgan fingerprint density at radius 3 is 2.29 bits per heavy atom. The zero-order chi connectivity index (χ0) is 13.3. The first-order chi connectivity index (χ1) is 8.06. The SMILES string of the molecule is CCC(CC)N(CCOC)C(=S)NCC(C)C. The van der Waals surface area contributed by atoms with Crippen molar-refractivity contribution in [2.75, 3.05) is 26.8 Å². The maximum absolute atomic E-state index is 5.48. The molecular weight excluding hydrogens is 232 g/mol. The number of thiocarbonyl (C=S) groups is 1. The van der Waals surface area contributed by atoms with E-state index in [2.05, 4.69) is 37.9 Å². The highest BCUT2D eigenvalue weighted by Gasteiger charge is 2.17. The molecule has 0 aromatic heterocycles. The summed E-state index contributed by atoms with van der Waals surface area (Å²) in [6.07, 6.45) is 2.23. The van der Waals surface area contributed by atoms with Crippen LogP contribution in [0.5, 0.6) is 0 Å². The molecule has 0 aliphatic rings. The van der Waals surface area contributed by atoms with Gasteiger partial charge in [0.15, 0.2) is 5.11 Å². The molecule has 1 N–H and O–H groups in total. The molecule has 0 aromatic rings. The fourth-order valence-corrected chi connectivity index (χ4v) is 2.09. The topological polar surface area (TPSA) is 24.5 Å². The van der Waals surface area contributed by atoms with Gasteiger partial charge in [-0.25, -0.2) is 0 Å². The summed E-state index contributed by atoms with van der Waals surface area (Å²) in [4.78, 5) is 2.27. The third-order valence-corrected chi connectivity index (χ3v) is 3.22. The zero-order valence-electron chi connectivity index (χ0n) is 12.0. The normalized spacial score (nSPS) is 11.0. The van der Waals surface area contributed by atoms with E-state index in [4.69, 9.17) is 17.0 Å². The smallest absolute Gasteiger partial charge is 0.169 e. The van der Waals surface area contributed by atoms with Gasteiger partial charge in [-0.05, 0) is 31.0 Å². The molecule has 4 heteroatoms. The van der Waals surface area contributed by atoms with Gasteiger partial charge in [-0.2, -0.15) is 0 Å². The van der Waals surface area contributed by atoms with Gasteiger partial charge in [0.1, 0.15) is 0 Å². The second-order valence-corrected chi connectivity index (χ2v) is 5.12. The van der Waals surface area contributed by atoms with Crippen molar-refractivity contribution in [2.24, 2.45) is 5.92 Å². The summed E-state index contributed by atoms with van der Waals surface area (Å²) in [5.41, 5.74) is 0. The van der Waals surface area contributed by atoms with Crippen LogP contribution in [0.15, 0.2) is 0 Å². The van der Waals surface area contributed by atoms with E-state index in [-0.39, 0.29) is 0 Å². The maximum atomic E-state index is 5.48. The Morgan fingerprint density at radius 1 is 1.29 bits per heavy atom. The van der Waals surface area contributed by atoms with Gasteiger partial charge in [0.25, 0.3) is 0 Å². The summed E-state index contributed by atoms with van der Waals surface area (Å²) in [6.45, 7) is 11.3. The predicted molar refractivity (Wildman–Crippen MR) is 78.4 cm³/mol. The number of nitrogens with zero attached hydrogens (tertiary/aromatic N) is 1. The average molecular weight is 260 g/mol. The Labute approximate surface area is 112 Å². The molecule has 0 radical (unpaired) electrons. The van der Waals surface area contributed by atoms with Gasteiger partial charge in [-0.1, -0.05) is 27.7 Å². The molecule has 102 valence electrons. The van der Waals surface area contributed by atoms with Crippen LogP contribution in [-0.4, -0.2) is 42.9 Å². The predicted octanol–water partition coefficient (Wildman–Crippen LogP) is 2.65. The van der Waals surface area contributed by atoms with Crippen molar-refractivity contribution < 1.29 is 4.74 Å². The first kappa shape index (κ1) is 16.6. The minimum atomic E-state index is 0.511. The summed E-state index contributed by atoms with van der Waals surface area (Å²) < 4.78 is 5.16. The average Bonchev–Trinajstić information content (AvgIpc) is 2.31. The van der Waals surface area contributed by atoms with Crippen LogP contribution in [0.4, 0.5) is 0 Å². The molecule has 0 aromatic carbocycles. The monoisotopic (exact) mass is 260 g/mol. The summed E-state index contributed by atoms with van der Waals surface area (Å²) in [6, 6.07) is 0.511. The Morgan fingerprint density at radius 2 is 1.88 bits per heavy atom. The van der Waals surface area contributed by atoms with E-state index in [0.29, 0.717) is 12.0 Å². The van der Waals surface area contributed by atoms with Gasteiger partial charge in [0.2, 0.25) is 0 Å². The fraction of sp³-hybridized carbons (Fsp3) is 0.923. The molecule has 0 atom stereocenters. The standard InChI is InChI=1S/C13H28N2OS/c1-6-12(7-2)15(8-9-16-5)13(17)14-10-11(3)4/h11-12H,6-10H2,1-5H3,(H,14,17). The van der Waals surface area contributed by atoms with Crippen LogP contribution in [-0.2, 0) is 4.74 Å². The highest BCUT2D eigenvalue weighted by Crippen LogP contribution is 2.09. The Kier molecular flexibility index (Phi) is 9.46. The van der Waals surface area contributed by atoms with Crippen LogP contribution in [0.1, 0.15) is 40.5 Å². The molecule has 0 rings (SSSR count). The first-order valence-electron chi connectivity index (χ1n) is 6.60. The van der Waals surface area contributed by atoms with Crippen molar-refractivity contribution in [1.82, 2.24) is 10.2 Å². The van der Waals surface area contributed by atoms with Crippen LogP contribution in [0.2, 0.25) is 0 Å². The van der Waals surface area contributed by atoms with Crippen LogP contribution in [0.3, 0.4) is 0 Å². The molecule has 0 aliphatic heterocycles. The largest absolute Gasteiger partial charge is 0.383 e. The van der Waals surface area contributed by atoms with Gasteiger partial charge < -0.3 is 15.0 Å². The van der Waals surface area contributed by atoms with Crippen LogP contribution in [0.25, 0.3) is 0 Å². The minimum Gasteiger partial charge on any atom is -0.383 e. The summed E-state index contributed by atoms with van der Waals surface area (Å²) in [5.74, 6) is 0.610. The van der Waals surface area contributed by atoms with E-state index >= 15 is 0 Å². The zero-order valence-corrected chi connectivity index (χ0v) is 12.8. The van der Waals surface area contributed by atoms with Crippen LogP contribution >= 0.6 is 12.2 Å². The molecule has 0 aliphatic carbocycles. The molecule has 0 saturated heterocycles. The summed E-state index contributed by atoms with van der Waals surface area (Å²) >= 11 is 5.48. The molecule has 0 heterocycles. The maximum Gasteiger partial charge on any atom is 0.169 e. The van der Waals surface area contributed by atoms with Gasteiger partial charge in [-0.3, -0.25) is 0 Å². The number of rotatable bonds is 8. The number of hydrogen-bond acceptors (Lipinski definition) is 2. The Balaban J connectivity index is 4.37. The Bertz CT molecular complexity index is 206. The van der Waals surface area contributed by atoms with Crippen LogP contribution < -0.4 is 5.32 Å². The van der Waals surface area contributed by atoms with E-state index in [9.17, 15) is 0 Å². The van der Waals surface area contributed by atoms with E-state index in [1.165, 1.54) is 0 Å². The number of methoxy groups -OCH3 is 1. The summed E-state index contributed by atoms with van der Waals surface area (Å²) in [7, 11) is 1.73. The van der Waals surface area contributed by atoms with Crippen molar-refractivity contribution >= 4 is 17.3 Å². The van der Waals surface area contributed by atoms with Gasteiger partial charge >= 0.3 is 0 Å². The quantitative estimate of drug-likeness (QED) is 0.678. The third kappa shape index (κ3) is 6.84. The fourth-order valence-electron chi connectivity index (χ4n) is 1.76. The van der Waals surface area contributed by atoms with E-state index < -0.39 is 0 Å². The lowest BCUT2D eigenvalue weighted by molar-refractivity contribution is 0.157. The molecule has 17 heavy (non-hydrogen) atoms. The number of hydrogen-bond donors (Lipinski definition) is 1. The molecule has 0 spiro atoms. The molecule has 0 unspecified atom stereocenters. The van der Waals surface area contributed by atoms with Crippen molar-refractivity contribution in [3.63, 3.8) is 0 Å². The second kappa shape index (κ2) is 9.66. The van der Waals surface area contributed by atoms with Gasteiger partial charge in [-0.15, -0.1) is 0 Å². The van der Waals surface area contributed by atoms with E-state index in [1.54, 1.807) is 7.11 Å². The van der Waals surface area contributed by atoms with Crippen molar-refractivity contribution in [2.45, 2.75) is 46.6 Å². The number of ether oxygens (including phenoxy) is 1. The lowest BCUT2D eigenvalue weighted by atomic mass is 10.1. The molecule has 0 bridgehead atoms. The second-order valence-electron chi connectivity index (χ2n) is 4.74. The van der Waals surface area contributed by atoms with Crippen molar-refractivity contribution in [3.05, 3.63) is 0 Å². The number of nitrogens with one attached hydrogen (secondary N) is 1.